The molecular weight excluding hydrogens is 329 g/mol. The number of nitrogens with zero attached hydrogens (tertiary/aromatic N) is 1. The van der Waals surface area contributed by atoms with Crippen molar-refractivity contribution in [1.82, 2.24) is 10.2 Å². The zero-order chi connectivity index (χ0) is 18.1. The summed E-state index contributed by atoms with van der Waals surface area (Å²) >= 11 is 0. The van der Waals surface area contributed by atoms with Gasteiger partial charge in [0.05, 0.1) is 12.3 Å². The average molecular weight is 348 g/mol. The van der Waals surface area contributed by atoms with Gasteiger partial charge < -0.3 is 19.7 Å². The van der Waals surface area contributed by atoms with E-state index in [4.69, 9.17) is 4.42 Å². The van der Waals surface area contributed by atoms with Gasteiger partial charge in [0.2, 0.25) is 17.4 Å². The van der Waals surface area contributed by atoms with Gasteiger partial charge in [-0.15, -0.1) is 0 Å². The molecule has 1 saturated heterocycles. The Morgan fingerprint density at radius 1 is 1.38 bits per heavy atom. The summed E-state index contributed by atoms with van der Waals surface area (Å²) < 4.78 is 44.8. The van der Waals surface area contributed by atoms with Gasteiger partial charge >= 0.3 is 6.18 Å². The second-order valence-electron chi connectivity index (χ2n) is 5.84. The molecule has 24 heavy (non-hydrogen) atoms. The summed E-state index contributed by atoms with van der Waals surface area (Å²) in [6.45, 7) is 3.70. The highest BCUT2D eigenvalue weighted by molar-refractivity contribution is 5.84. The third kappa shape index (κ3) is 3.40. The lowest BCUT2D eigenvalue weighted by atomic mass is 9.92. The smallest absolute Gasteiger partial charge is 0.425 e. The maximum atomic E-state index is 13.3. The molecule has 0 bridgehead atoms. The second kappa shape index (κ2) is 6.46. The van der Waals surface area contributed by atoms with Crippen molar-refractivity contribution >= 4 is 11.8 Å². The molecule has 9 heteroatoms. The molecule has 134 valence electrons. The first-order valence-electron chi connectivity index (χ1n) is 7.50. The summed E-state index contributed by atoms with van der Waals surface area (Å²) in [6, 6.07) is 2.29. The van der Waals surface area contributed by atoms with E-state index in [9.17, 15) is 27.9 Å². The van der Waals surface area contributed by atoms with Gasteiger partial charge in [-0.1, -0.05) is 0 Å². The van der Waals surface area contributed by atoms with Crippen LogP contribution in [0, 0.1) is 12.8 Å². The summed E-state index contributed by atoms with van der Waals surface area (Å²) in [4.78, 5) is 24.8. The minimum atomic E-state index is -5.07. The lowest BCUT2D eigenvalue weighted by molar-refractivity contribution is -0.274. The van der Waals surface area contributed by atoms with E-state index in [0.717, 1.165) is 11.0 Å². The minimum Gasteiger partial charge on any atom is -0.463 e. The first kappa shape index (κ1) is 18.3. The number of hydrogen-bond acceptors (Lipinski definition) is 4. The third-order valence-electron chi connectivity index (χ3n) is 3.98. The highest BCUT2D eigenvalue weighted by atomic mass is 19.4. The standard InChI is InChI=1S/C15H19F3N2O4/c1-3-19-13(22)10-7-20(8-10)12(21)6-14(23,15(16,17)18)11-5-4-9(2)24-11/h4-5,10,23H,3,6-8H2,1-2H3,(H,19,22). The van der Waals surface area contributed by atoms with E-state index >= 15 is 0 Å². The second-order valence-corrected chi connectivity index (χ2v) is 5.84. The van der Waals surface area contributed by atoms with Crippen molar-refractivity contribution < 1.29 is 32.3 Å². The number of carbonyl (C=O) groups excluding carboxylic acids is 2. The molecule has 0 spiro atoms. The van der Waals surface area contributed by atoms with Crippen molar-refractivity contribution in [2.75, 3.05) is 19.6 Å². The summed E-state index contributed by atoms with van der Waals surface area (Å²) in [7, 11) is 0. The zero-order valence-corrected chi connectivity index (χ0v) is 13.3. The van der Waals surface area contributed by atoms with E-state index in [0.29, 0.717) is 6.54 Å². The third-order valence-corrected chi connectivity index (χ3v) is 3.98. The molecule has 0 aliphatic carbocycles. The van der Waals surface area contributed by atoms with Crippen LogP contribution >= 0.6 is 0 Å². The average Bonchev–Trinajstić information content (AvgIpc) is 2.83. The number of hydrogen-bond donors (Lipinski definition) is 2. The lowest BCUT2D eigenvalue weighted by Crippen LogP contribution is -2.57. The number of halogens is 3. The quantitative estimate of drug-likeness (QED) is 0.841. The van der Waals surface area contributed by atoms with E-state index in [1.54, 1.807) is 6.92 Å². The molecule has 1 unspecified atom stereocenters. The Balaban J connectivity index is 2.06. The van der Waals surface area contributed by atoms with Crippen LogP contribution < -0.4 is 5.32 Å². The number of nitrogens with one attached hydrogen (secondary N) is 1. The van der Waals surface area contributed by atoms with Crippen molar-refractivity contribution in [2.45, 2.75) is 32.0 Å². The van der Waals surface area contributed by atoms with Crippen LogP contribution in [0.15, 0.2) is 16.5 Å². The van der Waals surface area contributed by atoms with E-state index in [1.807, 2.05) is 0 Å². The molecular formula is C15H19F3N2O4. The van der Waals surface area contributed by atoms with Crippen LogP contribution in [0.4, 0.5) is 13.2 Å². The normalized spacial score (nSPS) is 18.0. The molecule has 0 aromatic carbocycles. The van der Waals surface area contributed by atoms with Crippen molar-refractivity contribution in [3.8, 4) is 0 Å². The molecule has 6 nitrogen and oxygen atoms in total. The molecule has 1 aromatic heterocycles. The molecule has 1 fully saturated rings. The summed E-state index contributed by atoms with van der Waals surface area (Å²) in [5.74, 6) is -2.08. The number of likely N-dealkylation sites (tertiary alicyclic amines) is 1. The van der Waals surface area contributed by atoms with Gasteiger partial charge in [-0.2, -0.15) is 13.2 Å². The molecule has 2 heterocycles. The predicted molar refractivity (Wildman–Crippen MR) is 76.8 cm³/mol. The monoisotopic (exact) mass is 348 g/mol. The maximum absolute atomic E-state index is 13.3. The number of aryl methyl sites for hydroxylation is 1. The van der Waals surface area contributed by atoms with Gasteiger partial charge in [-0.25, -0.2) is 0 Å². The van der Waals surface area contributed by atoms with Crippen LogP contribution in [0.3, 0.4) is 0 Å². The van der Waals surface area contributed by atoms with Gasteiger partial charge in [-0.3, -0.25) is 9.59 Å². The number of aliphatic hydroxyl groups is 1. The molecule has 1 aliphatic rings. The number of rotatable bonds is 5. The van der Waals surface area contributed by atoms with E-state index in [2.05, 4.69) is 5.32 Å². The van der Waals surface area contributed by atoms with Gasteiger partial charge in [0, 0.05) is 19.6 Å². The number of amides is 2. The Hall–Kier alpha value is -2.03. The fourth-order valence-corrected chi connectivity index (χ4v) is 2.48. The summed E-state index contributed by atoms with van der Waals surface area (Å²) in [6.07, 6.45) is -6.26. The number of carbonyl (C=O) groups is 2. The molecule has 1 atom stereocenters. The fourth-order valence-electron chi connectivity index (χ4n) is 2.48. The molecule has 2 amide bonds. The summed E-state index contributed by atoms with van der Waals surface area (Å²) in [5.41, 5.74) is -3.39. The zero-order valence-electron chi connectivity index (χ0n) is 13.3. The summed E-state index contributed by atoms with van der Waals surface area (Å²) in [5, 5.41) is 12.7. The van der Waals surface area contributed by atoms with Crippen LogP contribution in [-0.4, -0.2) is 47.6 Å². The highest BCUT2D eigenvalue weighted by Crippen LogP contribution is 2.43. The Morgan fingerprint density at radius 3 is 2.46 bits per heavy atom. The van der Waals surface area contributed by atoms with Crippen LogP contribution in [-0.2, 0) is 15.2 Å². The molecule has 0 radical (unpaired) electrons. The van der Waals surface area contributed by atoms with E-state index in [1.165, 1.54) is 13.0 Å². The van der Waals surface area contributed by atoms with Crippen LogP contribution in [0.2, 0.25) is 0 Å². The molecule has 1 aromatic rings. The van der Waals surface area contributed by atoms with Crippen molar-refractivity contribution in [2.24, 2.45) is 5.92 Å². The maximum Gasteiger partial charge on any atom is 0.425 e. The highest BCUT2D eigenvalue weighted by Gasteiger charge is 2.59. The first-order valence-corrected chi connectivity index (χ1v) is 7.50. The van der Waals surface area contributed by atoms with Crippen molar-refractivity contribution in [3.05, 3.63) is 23.7 Å². The molecule has 0 saturated carbocycles. The molecule has 2 N–H and O–H groups in total. The Bertz CT molecular complexity index is 622. The van der Waals surface area contributed by atoms with E-state index in [-0.39, 0.29) is 24.8 Å². The number of alkyl halides is 3. The first-order chi connectivity index (χ1) is 11.1. The SMILES string of the molecule is CCNC(=O)C1CN(C(=O)CC(O)(c2ccc(C)o2)C(F)(F)F)C1. The Kier molecular flexibility index (Phi) is 4.93. The molecule has 1 aliphatic heterocycles. The fraction of sp³-hybridized carbons (Fsp3) is 0.600. The predicted octanol–water partition coefficient (Wildman–Crippen LogP) is 1.32. The van der Waals surface area contributed by atoms with E-state index < -0.39 is 35.8 Å². The largest absolute Gasteiger partial charge is 0.463 e. The number of furan rings is 1. The van der Waals surface area contributed by atoms with Crippen LogP contribution in [0.1, 0.15) is 24.9 Å². The minimum absolute atomic E-state index is 0.0375. The van der Waals surface area contributed by atoms with Crippen molar-refractivity contribution in [3.63, 3.8) is 0 Å². The van der Waals surface area contributed by atoms with Crippen LogP contribution in [0.5, 0.6) is 0 Å². The van der Waals surface area contributed by atoms with Gasteiger partial charge in [-0.05, 0) is 26.0 Å². The molecule has 2 rings (SSSR count). The Morgan fingerprint density at radius 2 is 2.00 bits per heavy atom. The van der Waals surface area contributed by atoms with Crippen LogP contribution in [0.25, 0.3) is 0 Å². The lowest BCUT2D eigenvalue weighted by Gasteiger charge is -2.40. The topological polar surface area (TPSA) is 82.8 Å². The van der Waals surface area contributed by atoms with Crippen molar-refractivity contribution in [1.29, 1.82) is 0 Å². The van der Waals surface area contributed by atoms with Gasteiger partial charge in [0.1, 0.15) is 11.5 Å². The van der Waals surface area contributed by atoms with Gasteiger partial charge in [0.15, 0.2) is 0 Å². The van der Waals surface area contributed by atoms with Gasteiger partial charge in [0.25, 0.3) is 0 Å². The Labute approximate surface area is 136 Å².